The second kappa shape index (κ2) is 4.88. The Labute approximate surface area is 105 Å². The van der Waals surface area contributed by atoms with E-state index in [-0.39, 0.29) is 0 Å². The quantitative estimate of drug-likeness (QED) is 0.688. The summed E-state index contributed by atoms with van der Waals surface area (Å²) in [6.07, 6.45) is 5.12. The van der Waals surface area contributed by atoms with Gasteiger partial charge in [-0.25, -0.2) is 0 Å². The molecule has 1 aliphatic carbocycles. The fourth-order valence-electron chi connectivity index (χ4n) is 2.32. The van der Waals surface area contributed by atoms with Crippen LogP contribution in [0.2, 0.25) is 5.02 Å². The van der Waals surface area contributed by atoms with Crippen LogP contribution in [0.4, 0.5) is 0 Å². The number of benzene rings is 1. The SMILES string of the molecule is Cc1ccc(CC2CCCC2Br)c(Cl)c1. The molecule has 0 aliphatic heterocycles. The van der Waals surface area contributed by atoms with Gasteiger partial charge in [-0.2, -0.15) is 0 Å². The number of rotatable bonds is 2. The van der Waals surface area contributed by atoms with Gasteiger partial charge in [0, 0.05) is 9.85 Å². The predicted molar refractivity (Wildman–Crippen MR) is 69.9 cm³/mol. The van der Waals surface area contributed by atoms with Crippen LogP contribution in [0.3, 0.4) is 0 Å². The number of hydrogen-bond acceptors (Lipinski definition) is 0. The Hall–Kier alpha value is -0.0100. The molecule has 1 aliphatic rings. The van der Waals surface area contributed by atoms with Gasteiger partial charge in [-0.3, -0.25) is 0 Å². The van der Waals surface area contributed by atoms with Crippen molar-refractivity contribution in [3.8, 4) is 0 Å². The van der Waals surface area contributed by atoms with Gasteiger partial charge in [0.05, 0.1) is 0 Å². The zero-order valence-electron chi connectivity index (χ0n) is 8.97. The molecule has 2 unspecified atom stereocenters. The van der Waals surface area contributed by atoms with Crippen molar-refractivity contribution in [3.05, 3.63) is 34.3 Å². The molecular formula is C13H16BrCl. The lowest BCUT2D eigenvalue weighted by Crippen LogP contribution is -2.10. The number of hydrogen-bond donors (Lipinski definition) is 0. The molecule has 0 spiro atoms. The van der Waals surface area contributed by atoms with Crippen molar-refractivity contribution in [2.75, 3.05) is 0 Å². The van der Waals surface area contributed by atoms with Crippen molar-refractivity contribution in [1.29, 1.82) is 0 Å². The lowest BCUT2D eigenvalue weighted by atomic mass is 9.97. The molecule has 2 atom stereocenters. The highest BCUT2D eigenvalue weighted by atomic mass is 79.9. The molecule has 0 aromatic heterocycles. The lowest BCUT2D eigenvalue weighted by Gasteiger charge is -2.15. The third kappa shape index (κ3) is 2.76. The van der Waals surface area contributed by atoms with E-state index < -0.39 is 0 Å². The first-order valence-corrected chi connectivity index (χ1v) is 6.85. The predicted octanol–water partition coefficient (Wildman–Crippen LogP) is 4.75. The molecule has 0 saturated heterocycles. The standard InChI is InChI=1S/C13H16BrCl/c1-9-5-6-11(13(15)7-9)8-10-3-2-4-12(10)14/h5-7,10,12H,2-4,8H2,1H3. The Balaban J connectivity index is 2.10. The van der Waals surface area contributed by atoms with Crippen molar-refractivity contribution in [1.82, 2.24) is 0 Å². The summed E-state index contributed by atoms with van der Waals surface area (Å²) in [7, 11) is 0. The molecule has 1 saturated carbocycles. The maximum absolute atomic E-state index is 6.24. The van der Waals surface area contributed by atoms with Gasteiger partial charge in [0.25, 0.3) is 0 Å². The smallest absolute Gasteiger partial charge is 0.0440 e. The van der Waals surface area contributed by atoms with Gasteiger partial charge in [-0.15, -0.1) is 0 Å². The molecule has 0 amide bonds. The fourth-order valence-corrected chi connectivity index (χ4v) is 3.41. The van der Waals surface area contributed by atoms with E-state index >= 15 is 0 Å². The second-order valence-electron chi connectivity index (χ2n) is 4.51. The van der Waals surface area contributed by atoms with Crippen LogP contribution < -0.4 is 0 Å². The second-order valence-corrected chi connectivity index (χ2v) is 6.09. The van der Waals surface area contributed by atoms with Gasteiger partial charge >= 0.3 is 0 Å². The van der Waals surface area contributed by atoms with Crippen LogP contribution in [0.1, 0.15) is 30.4 Å². The minimum atomic E-state index is 0.690. The van der Waals surface area contributed by atoms with Crippen LogP contribution in [0.5, 0.6) is 0 Å². The largest absolute Gasteiger partial charge is 0.0888 e. The Morgan fingerprint density at radius 3 is 2.80 bits per heavy atom. The van der Waals surface area contributed by atoms with E-state index in [1.54, 1.807) is 0 Å². The molecule has 2 rings (SSSR count). The molecule has 15 heavy (non-hydrogen) atoms. The van der Waals surface area contributed by atoms with Crippen LogP contribution >= 0.6 is 27.5 Å². The van der Waals surface area contributed by atoms with Gasteiger partial charge in [0.1, 0.15) is 0 Å². The highest BCUT2D eigenvalue weighted by Crippen LogP contribution is 2.35. The average Bonchev–Trinajstić information content (AvgIpc) is 2.57. The summed E-state index contributed by atoms with van der Waals surface area (Å²) in [5, 5.41) is 0.932. The molecule has 2 heteroatoms. The number of aryl methyl sites for hydroxylation is 1. The molecule has 1 aromatic carbocycles. The number of alkyl halides is 1. The first-order valence-electron chi connectivity index (χ1n) is 5.56. The van der Waals surface area contributed by atoms with Crippen molar-refractivity contribution in [3.63, 3.8) is 0 Å². The third-order valence-corrected chi connectivity index (χ3v) is 4.81. The van der Waals surface area contributed by atoms with Crippen molar-refractivity contribution in [2.24, 2.45) is 5.92 Å². The van der Waals surface area contributed by atoms with E-state index in [0.717, 1.165) is 17.4 Å². The molecule has 0 heterocycles. The maximum atomic E-state index is 6.24. The first kappa shape index (κ1) is 11.5. The zero-order chi connectivity index (χ0) is 10.8. The normalized spacial score (nSPS) is 25.8. The molecule has 82 valence electrons. The molecule has 1 aromatic rings. The Bertz CT molecular complexity index is 348. The summed E-state index contributed by atoms with van der Waals surface area (Å²) in [6, 6.07) is 6.39. The van der Waals surface area contributed by atoms with Gasteiger partial charge in [0.15, 0.2) is 0 Å². The van der Waals surface area contributed by atoms with Gasteiger partial charge in [-0.1, -0.05) is 46.1 Å². The highest BCUT2D eigenvalue weighted by molar-refractivity contribution is 9.09. The van der Waals surface area contributed by atoms with Crippen LogP contribution in [-0.4, -0.2) is 4.83 Å². The van der Waals surface area contributed by atoms with Crippen molar-refractivity contribution >= 4 is 27.5 Å². The summed E-state index contributed by atoms with van der Waals surface area (Å²) < 4.78 is 0. The highest BCUT2D eigenvalue weighted by Gasteiger charge is 2.25. The summed E-state index contributed by atoms with van der Waals surface area (Å²) in [6.45, 7) is 2.08. The maximum Gasteiger partial charge on any atom is 0.0440 e. The van der Waals surface area contributed by atoms with E-state index in [0.29, 0.717) is 4.83 Å². The molecular weight excluding hydrogens is 272 g/mol. The minimum Gasteiger partial charge on any atom is -0.0888 e. The lowest BCUT2D eigenvalue weighted by molar-refractivity contribution is 0.563. The molecule has 0 bridgehead atoms. The summed E-state index contributed by atoms with van der Waals surface area (Å²) in [4.78, 5) is 0.690. The zero-order valence-corrected chi connectivity index (χ0v) is 11.3. The van der Waals surface area contributed by atoms with Crippen LogP contribution in [-0.2, 0) is 6.42 Å². The summed E-state index contributed by atoms with van der Waals surface area (Å²) in [5.41, 5.74) is 2.55. The summed E-state index contributed by atoms with van der Waals surface area (Å²) in [5.74, 6) is 0.769. The van der Waals surface area contributed by atoms with Crippen LogP contribution in [0.25, 0.3) is 0 Å². The molecule has 0 nitrogen and oxygen atoms in total. The third-order valence-electron chi connectivity index (χ3n) is 3.26. The summed E-state index contributed by atoms with van der Waals surface area (Å²) >= 11 is 10.00. The van der Waals surface area contributed by atoms with Gasteiger partial charge in [-0.05, 0) is 49.3 Å². The van der Waals surface area contributed by atoms with E-state index in [1.807, 2.05) is 0 Å². The Morgan fingerprint density at radius 1 is 1.40 bits per heavy atom. The molecule has 0 radical (unpaired) electrons. The van der Waals surface area contributed by atoms with Gasteiger partial charge < -0.3 is 0 Å². The van der Waals surface area contributed by atoms with Crippen LogP contribution in [0.15, 0.2) is 18.2 Å². The monoisotopic (exact) mass is 286 g/mol. The van der Waals surface area contributed by atoms with Crippen molar-refractivity contribution < 1.29 is 0 Å². The molecule has 0 N–H and O–H groups in total. The van der Waals surface area contributed by atoms with E-state index in [2.05, 4.69) is 41.1 Å². The van der Waals surface area contributed by atoms with Crippen LogP contribution in [0, 0.1) is 12.8 Å². The van der Waals surface area contributed by atoms with E-state index in [4.69, 9.17) is 11.6 Å². The minimum absolute atomic E-state index is 0.690. The van der Waals surface area contributed by atoms with Crippen molar-refractivity contribution in [2.45, 2.75) is 37.4 Å². The van der Waals surface area contributed by atoms with Gasteiger partial charge in [0.2, 0.25) is 0 Å². The first-order chi connectivity index (χ1) is 7.16. The Kier molecular flexibility index (Phi) is 3.73. The Morgan fingerprint density at radius 2 is 2.20 bits per heavy atom. The number of halogens is 2. The van der Waals surface area contributed by atoms with E-state index in [9.17, 15) is 0 Å². The molecule has 1 fully saturated rings. The average molecular weight is 288 g/mol. The van der Waals surface area contributed by atoms with E-state index in [1.165, 1.54) is 30.4 Å². The fraction of sp³-hybridized carbons (Fsp3) is 0.538. The topological polar surface area (TPSA) is 0 Å².